The van der Waals surface area contributed by atoms with E-state index < -0.39 is 0 Å². The highest BCUT2D eigenvalue weighted by atomic mass is 16.5. The Morgan fingerprint density at radius 3 is 2.47 bits per heavy atom. The van der Waals surface area contributed by atoms with Crippen molar-refractivity contribution in [3.63, 3.8) is 0 Å². The van der Waals surface area contributed by atoms with Crippen LogP contribution < -0.4 is 0 Å². The minimum absolute atomic E-state index is 0.412. The smallest absolute Gasteiger partial charge is 0.0829 e. The lowest BCUT2D eigenvalue weighted by molar-refractivity contribution is -0.0557. The Morgan fingerprint density at radius 2 is 1.82 bits per heavy atom. The van der Waals surface area contributed by atoms with E-state index in [0.29, 0.717) is 12.1 Å². The van der Waals surface area contributed by atoms with E-state index in [1.807, 2.05) is 0 Å². The molecule has 0 aliphatic carbocycles. The molecule has 2 aliphatic heterocycles. The summed E-state index contributed by atoms with van der Waals surface area (Å²) in [7, 11) is 2.20. The SMILES string of the molecule is CC(C)N1CCO[C@@H](CN2CCN(C)CC2)C1. The number of rotatable bonds is 3. The van der Waals surface area contributed by atoms with Gasteiger partial charge in [-0.15, -0.1) is 0 Å². The lowest BCUT2D eigenvalue weighted by Gasteiger charge is -2.39. The van der Waals surface area contributed by atoms with Crippen LogP contribution in [0, 0.1) is 0 Å². The van der Waals surface area contributed by atoms with E-state index in [0.717, 1.165) is 26.2 Å². The molecule has 2 aliphatic rings. The number of likely N-dealkylation sites (N-methyl/N-ethyl adjacent to an activating group) is 1. The largest absolute Gasteiger partial charge is 0.374 e. The van der Waals surface area contributed by atoms with Crippen LogP contribution in [0.15, 0.2) is 0 Å². The van der Waals surface area contributed by atoms with E-state index in [4.69, 9.17) is 4.74 Å². The van der Waals surface area contributed by atoms with Gasteiger partial charge in [0, 0.05) is 51.9 Å². The molecular weight excluding hydrogens is 214 g/mol. The molecule has 0 bridgehead atoms. The Kier molecular flexibility index (Phi) is 4.79. The first kappa shape index (κ1) is 13.3. The molecule has 1 atom stereocenters. The van der Waals surface area contributed by atoms with Crippen molar-refractivity contribution in [2.24, 2.45) is 0 Å². The van der Waals surface area contributed by atoms with Crippen LogP contribution >= 0.6 is 0 Å². The van der Waals surface area contributed by atoms with E-state index in [9.17, 15) is 0 Å². The molecule has 2 heterocycles. The van der Waals surface area contributed by atoms with Gasteiger partial charge >= 0.3 is 0 Å². The Hall–Kier alpha value is -0.160. The predicted octanol–water partition coefficient (Wildman–Crippen LogP) is 0.343. The first-order chi connectivity index (χ1) is 8.15. The van der Waals surface area contributed by atoms with Crippen LogP contribution in [0.1, 0.15) is 13.8 Å². The third-order valence-corrected chi connectivity index (χ3v) is 3.96. The minimum Gasteiger partial charge on any atom is -0.374 e. The number of hydrogen-bond donors (Lipinski definition) is 0. The molecule has 0 unspecified atom stereocenters. The summed E-state index contributed by atoms with van der Waals surface area (Å²) in [5.41, 5.74) is 0. The van der Waals surface area contributed by atoms with Gasteiger partial charge in [0.15, 0.2) is 0 Å². The lowest BCUT2D eigenvalue weighted by atomic mass is 10.2. The topological polar surface area (TPSA) is 19.0 Å². The van der Waals surface area contributed by atoms with Gasteiger partial charge in [-0.1, -0.05) is 0 Å². The van der Waals surface area contributed by atoms with Crippen molar-refractivity contribution in [3.8, 4) is 0 Å². The number of nitrogens with zero attached hydrogens (tertiary/aromatic N) is 3. The first-order valence-electron chi connectivity index (χ1n) is 6.91. The van der Waals surface area contributed by atoms with Crippen molar-refractivity contribution >= 4 is 0 Å². The molecule has 0 aromatic heterocycles. The van der Waals surface area contributed by atoms with Crippen LogP contribution in [0.25, 0.3) is 0 Å². The van der Waals surface area contributed by atoms with Gasteiger partial charge < -0.3 is 9.64 Å². The molecule has 0 aromatic carbocycles. The van der Waals surface area contributed by atoms with Gasteiger partial charge in [0.25, 0.3) is 0 Å². The molecule has 17 heavy (non-hydrogen) atoms. The molecular formula is C13H27N3O. The molecule has 2 rings (SSSR count). The fourth-order valence-corrected chi connectivity index (χ4v) is 2.64. The molecule has 0 radical (unpaired) electrons. The molecule has 4 heteroatoms. The van der Waals surface area contributed by atoms with E-state index in [1.54, 1.807) is 0 Å². The van der Waals surface area contributed by atoms with Crippen molar-refractivity contribution in [2.45, 2.75) is 26.0 Å². The van der Waals surface area contributed by atoms with E-state index in [2.05, 4.69) is 35.6 Å². The van der Waals surface area contributed by atoms with Crippen LogP contribution in [-0.4, -0.2) is 86.3 Å². The zero-order valence-electron chi connectivity index (χ0n) is 11.6. The highest BCUT2D eigenvalue weighted by Gasteiger charge is 2.25. The van der Waals surface area contributed by atoms with Crippen LogP contribution in [0.3, 0.4) is 0 Å². The molecule has 0 spiro atoms. The van der Waals surface area contributed by atoms with Gasteiger partial charge in [-0.05, 0) is 20.9 Å². The summed E-state index contributed by atoms with van der Waals surface area (Å²) in [6, 6.07) is 0.647. The zero-order chi connectivity index (χ0) is 12.3. The van der Waals surface area contributed by atoms with E-state index in [-0.39, 0.29) is 0 Å². The standard InChI is InChI=1S/C13H27N3O/c1-12(2)16-8-9-17-13(11-16)10-15-6-4-14(3)5-7-15/h12-13H,4-11H2,1-3H3/t13-/m0/s1. The van der Waals surface area contributed by atoms with Gasteiger partial charge in [-0.2, -0.15) is 0 Å². The monoisotopic (exact) mass is 241 g/mol. The van der Waals surface area contributed by atoms with Crippen LogP contribution in [0.4, 0.5) is 0 Å². The molecule has 0 aromatic rings. The van der Waals surface area contributed by atoms with Gasteiger partial charge in [-0.3, -0.25) is 9.80 Å². The minimum atomic E-state index is 0.412. The molecule has 0 saturated carbocycles. The Bertz CT molecular complexity index is 227. The maximum Gasteiger partial charge on any atom is 0.0829 e. The Labute approximate surface area is 105 Å². The van der Waals surface area contributed by atoms with Crippen molar-refractivity contribution < 1.29 is 4.74 Å². The average molecular weight is 241 g/mol. The average Bonchev–Trinajstić information content (AvgIpc) is 2.32. The second-order valence-electron chi connectivity index (χ2n) is 5.69. The van der Waals surface area contributed by atoms with Crippen molar-refractivity contribution in [1.29, 1.82) is 0 Å². The fraction of sp³-hybridized carbons (Fsp3) is 1.00. The molecule has 0 N–H and O–H groups in total. The van der Waals surface area contributed by atoms with Crippen molar-refractivity contribution in [2.75, 3.05) is 59.5 Å². The summed E-state index contributed by atoms with van der Waals surface area (Å²) in [5, 5.41) is 0. The summed E-state index contributed by atoms with van der Waals surface area (Å²) in [6.07, 6.45) is 0.412. The molecule has 100 valence electrons. The maximum atomic E-state index is 5.89. The molecule has 0 amide bonds. The number of hydrogen-bond acceptors (Lipinski definition) is 4. The quantitative estimate of drug-likeness (QED) is 0.709. The summed E-state index contributed by atoms with van der Waals surface area (Å²) < 4.78 is 5.89. The molecule has 2 fully saturated rings. The summed E-state index contributed by atoms with van der Waals surface area (Å²) >= 11 is 0. The number of piperazine rings is 1. The van der Waals surface area contributed by atoms with Crippen LogP contribution in [-0.2, 0) is 4.74 Å². The summed E-state index contributed by atoms with van der Waals surface area (Å²) in [4.78, 5) is 7.48. The highest BCUT2D eigenvalue weighted by Crippen LogP contribution is 2.11. The van der Waals surface area contributed by atoms with Crippen molar-refractivity contribution in [3.05, 3.63) is 0 Å². The van der Waals surface area contributed by atoms with Gasteiger partial charge in [0.1, 0.15) is 0 Å². The first-order valence-corrected chi connectivity index (χ1v) is 6.91. The third kappa shape index (κ3) is 3.91. The second-order valence-corrected chi connectivity index (χ2v) is 5.69. The lowest BCUT2D eigenvalue weighted by Crippen LogP contribution is -2.52. The third-order valence-electron chi connectivity index (χ3n) is 3.96. The normalized spacial score (nSPS) is 30.0. The summed E-state index contributed by atoms with van der Waals surface area (Å²) in [5.74, 6) is 0. The van der Waals surface area contributed by atoms with Crippen LogP contribution in [0.5, 0.6) is 0 Å². The maximum absolute atomic E-state index is 5.89. The van der Waals surface area contributed by atoms with Crippen LogP contribution in [0.2, 0.25) is 0 Å². The molecule has 2 saturated heterocycles. The van der Waals surface area contributed by atoms with Crippen molar-refractivity contribution in [1.82, 2.24) is 14.7 Å². The van der Waals surface area contributed by atoms with E-state index >= 15 is 0 Å². The predicted molar refractivity (Wildman–Crippen MR) is 70.4 cm³/mol. The van der Waals surface area contributed by atoms with E-state index in [1.165, 1.54) is 26.2 Å². The highest BCUT2D eigenvalue weighted by molar-refractivity contribution is 4.79. The Balaban J connectivity index is 1.75. The number of morpholine rings is 1. The second kappa shape index (κ2) is 6.14. The number of ether oxygens (including phenoxy) is 1. The Morgan fingerprint density at radius 1 is 1.12 bits per heavy atom. The van der Waals surface area contributed by atoms with Gasteiger partial charge in [0.2, 0.25) is 0 Å². The summed E-state index contributed by atoms with van der Waals surface area (Å²) in [6.45, 7) is 13.5. The molecule has 4 nitrogen and oxygen atoms in total. The fourth-order valence-electron chi connectivity index (χ4n) is 2.64. The van der Waals surface area contributed by atoms with Gasteiger partial charge in [0.05, 0.1) is 12.7 Å². The van der Waals surface area contributed by atoms with Gasteiger partial charge in [-0.25, -0.2) is 0 Å². The zero-order valence-corrected chi connectivity index (χ0v) is 11.6.